The molecule has 0 atom stereocenters. The van der Waals surface area contributed by atoms with Crippen LogP contribution in [0.25, 0.3) is 0 Å². The van der Waals surface area contributed by atoms with E-state index in [0.29, 0.717) is 0 Å². The Kier molecular flexibility index (Phi) is 5.11. The summed E-state index contributed by atoms with van der Waals surface area (Å²) < 4.78 is 7.21. The lowest BCUT2D eigenvalue weighted by Crippen LogP contribution is -2.02. The van der Waals surface area contributed by atoms with Crippen LogP contribution >= 0.6 is 31.9 Å². The number of ether oxygens (including phenoxy) is 1. The number of hydrogen-bond acceptors (Lipinski definition) is 2. The van der Waals surface area contributed by atoms with Crippen molar-refractivity contribution in [3.63, 3.8) is 0 Å². The van der Waals surface area contributed by atoms with E-state index in [2.05, 4.69) is 81.4 Å². The molecule has 2 nitrogen and oxygen atoms in total. The highest BCUT2D eigenvalue weighted by Crippen LogP contribution is 2.34. The summed E-state index contributed by atoms with van der Waals surface area (Å²) in [5.74, 6) is 0.820. The Morgan fingerprint density at radius 1 is 1.05 bits per heavy atom. The molecule has 0 unspecified atom stereocenters. The third-order valence-corrected chi connectivity index (χ3v) is 4.31. The highest BCUT2D eigenvalue weighted by Gasteiger charge is 2.08. The number of halogens is 2. The number of methoxy groups -OCH3 is 1. The number of nitrogens with one attached hydrogen (secondary N) is 1. The van der Waals surface area contributed by atoms with Gasteiger partial charge in [-0.1, -0.05) is 17.7 Å². The zero-order valence-corrected chi connectivity index (χ0v) is 14.9. The maximum atomic E-state index is 5.31. The maximum Gasteiger partial charge on any atom is 0.147 e. The zero-order chi connectivity index (χ0) is 14.7. The second kappa shape index (κ2) is 6.64. The minimum Gasteiger partial charge on any atom is -0.494 e. The van der Waals surface area contributed by atoms with E-state index in [0.717, 1.165) is 21.2 Å². The molecule has 0 saturated carbocycles. The van der Waals surface area contributed by atoms with Crippen molar-refractivity contribution in [3.05, 3.63) is 56.0 Å². The van der Waals surface area contributed by atoms with Crippen molar-refractivity contribution in [1.82, 2.24) is 0 Å². The monoisotopic (exact) mass is 397 g/mol. The van der Waals surface area contributed by atoms with E-state index in [1.807, 2.05) is 0 Å². The van der Waals surface area contributed by atoms with Gasteiger partial charge in [-0.2, -0.15) is 0 Å². The molecule has 20 heavy (non-hydrogen) atoms. The minimum absolute atomic E-state index is 0.769. The Morgan fingerprint density at radius 2 is 1.70 bits per heavy atom. The molecular formula is C16H17Br2NO. The Balaban J connectivity index is 2.15. The van der Waals surface area contributed by atoms with Crippen LogP contribution in [0.4, 0.5) is 5.69 Å². The molecular weight excluding hydrogens is 382 g/mol. The first-order valence-corrected chi connectivity index (χ1v) is 7.93. The van der Waals surface area contributed by atoms with Crippen LogP contribution in [0.1, 0.15) is 16.7 Å². The summed E-state index contributed by atoms with van der Waals surface area (Å²) in [6, 6.07) is 10.6. The quantitative estimate of drug-likeness (QED) is 0.739. The van der Waals surface area contributed by atoms with Crippen molar-refractivity contribution in [1.29, 1.82) is 0 Å². The van der Waals surface area contributed by atoms with Gasteiger partial charge in [0.15, 0.2) is 0 Å². The van der Waals surface area contributed by atoms with Crippen molar-refractivity contribution < 1.29 is 4.74 Å². The molecule has 1 N–H and O–H groups in total. The molecule has 0 heterocycles. The van der Waals surface area contributed by atoms with E-state index in [-0.39, 0.29) is 0 Å². The van der Waals surface area contributed by atoms with E-state index >= 15 is 0 Å². The fourth-order valence-electron chi connectivity index (χ4n) is 2.12. The summed E-state index contributed by atoms with van der Waals surface area (Å²) in [7, 11) is 1.67. The van der Waals surface area contributed by atoms with Gasteiger partial charge >= 0.3 is 0 Å². The van der Waals surface area contributed by atoms with E-state index in [9.17, 15) is 0 Å². The lowest BCUT2D eigenvalue weighted by atomic mass is 10.1. The normalized spacial score (nSPS) is 10.4. The standard InChI is InChI=1S/C16H17Br2NO/c1-10-4-5-15(11(2)6-10)19-9-12-7-13(17)16(20-3)14(18)8-12/h4-8,19H,9H2,1-3H3. The third-order valence-electron chi connectivity index (χ3n) is 3.13. The Morgan fingerprint density at radius 3 is 2.25 bits per heavy atom. The summed E-state index contributed by atoms with van der Waals surface area (Å²) in [6.45, 7) is 4.99. The van der Waals surface area contributed by atoms with Gasteiger partial charge in [0.1, 0.15) is 5.75 Å². The van der Waals surface area contributed by atoms with Crippen molar-refractivity contribution in [2.24, 2.45) is 0 Å². The van der Waals surface area contributed by atoms with Crippen molar-refractivity contribution in [2.45, 2.75) is 20.4 Å². The second-order valence-corrected chi connectivity index (χ2v) is 6.47. The predicted molar refractivity (Wildman–Crippen MR) is 91.6 cm³/mol. The first-order chi connectivity index (χ1) is 9.51. The molecule has 0 amide bonds. The summed E-state index contributed by atoms with van der Waals surface area (Å²) in [6.07, 6.45) is 0. The molecule has 0 aliphatic heterocycles. The SMILES string of the molecule is COc1c(Br)cc(CNc2ccc(C)cc2C)cc1Br. The smallest absolute Gasteiger partial charge is 0.147 e. The second-order valence-electron chi connectivity index (χ2n) is 4.76. The van der Waals surface area contributed by atoms with Gasteiger partial charge in [-0.25, -0.2) is 0 Å². The first-order valence-electron chi connectivity index (χ1n) is 6.34. The van der Waals surface area contributed by atoms with Crippen LogP contribution in [0, 0.1) is 13.8 Å². The number of benzene rings is 2. The topological polar surface area (TPSA) is 21.3 Å². The van der Waals surface area contributed by atoms with Crippen LogP contribution in [0.5, 0.6) is 5.75 Å². The number of aryl methyl sites for hydroxylation is 2. The number of hydrogen-bond donors (Lipinski definition) is 1. The van der Waals surface area contributed by atoms with Gasteiger partial charge in [0.25, 0.3) is 0 Å². The molecule has 0 bridgehead atoms. The van der Waals surface area contributed by atoms with Crippen LogP contribution < -0.4 is 10.1 Å². The van der Waals surface area contributed by atoms with Gasteiger partial charge in [0.05, 0.1) is 16.1 Å². The fraction of sp³-hybridized carbons (Fsp3) is 0.250. The fourth-order valence-corrected chi connectivity index (χ4v) is 3.72. The predicted octanol–water partition coefficient (Wildman–Crippen LogP) is 5.45. The molecule has 0 saturated heterocycles. The molecule has 2 rings (SSSR count). The van der Waals surface area contributed by atoms with Gasteiger partial charge in [-0.05, 0) is 75.0 Å². The van der Waals surface area contributed by atoms with Crippen LogP contribution in [0.2, 0.25) is 0 Å². The largest absolute Gasteiger partial charge is 0.494 e. The Bertz CT molecular complexity index is 603. The van der Waals surface area contributed by atoms with Gasteiger partial charge < -0.3 is 10.1 Å². The highest BCUT2D eigenvalue weighted by molar-refractivity contribution is 9.11. The van der Waals surface area contributed by atoms with Crippen molar-refractivity contribution in [2.75, 3.05) is 12.4 Å². The molecule has 2 aromatic carbocycles. The molecule has 4 heteroatoms. The molecule has 2 aromatic rings. The van der Waals surface area contributed by atoms with E-state index in [4.69, 9.17) is 4.74 Å². The van der Waals surface area contributed by atoms with Gasteiger partial charge in [0, 0.05) is 12.2 Å². The average Bonchev–Trinajstić information content (AvgIpc) is 2.37. The molecule has 0 aromatic heterocycles. The van der Waals surface area contributed by atoms with E-state index in [1.54, 1.807) is 7.11 Å². The molecule has 0 radical (unpaired) electrons. The summed E-state index contributed by atoms with van der Waals surface area (Å²) >= 11 is 7.05. The lowest BCUT2D eigenvalue weighted by Gasteiger charge is -2.12. The number of anilines is 1. The Hall–Kier alpha value is -1.00. The lowest BCUT2D eigenvalue weighted by molar-refractivity contribution is 0.409. The van der Waals surface area contributed by atoms with E-state index in [1.165, 1.54) is 22.4 Å². The molecule has 0 aliphatic rings. The van der Waals surface area contributed by atoms with Crippen LogP contribution in [-0.2, 0) is 6.54 Å². The van der Waals surface area contributed by atoms with Crippen molar-refractivity contribution in [3.8, 4) is 5.75 Å². The minimum atomic E-state index is 0.769. The van der Waals surface area contributed by atoms with Gasteiger partial charge in [-0.15, -0.1) is 0 Å². The average molecular weight is 399 g/mol. The maximum absolute atomic E-state index is 5.31. The molecule has 106 valence electrons. The van der Waals surface area contributed by atoms with E-state index < -0.39 is 0 Å². The van der Waals surface area contributed by atoms with Crippen LogP contribution in [-0.4, -0.2) is 7.11 Å². The first kappa shape index (κ1) is 15.4. The Labute approximate surface area is 136 Å². The van der Waals surface area contributed by atoms with Crippen LogP contribution in [0.15, 0.2) is 39.3 Å². The molecule has 0 fully saturated rings. The number of rotatable bonds is 4. The molecule has 0 aliphatic carbocycles. The van der Waals surface area contributed by atoms with Gasteiger partial charge in [-0.3, -0.25) is 0 Å². The third kappa shape index (κ3) is 3.55. The van der Waals surface area contributed by atoms with Crippen molar-refractivity contribution >= 4 is 37.5 Å². The summed E-state index contributed by atoms with van der Waals surface area (Å²) in [4.78, 5) is 0. The highest BCUT2D eigenvalue weighted by atomic mass is 79.9. The zero-order valence-electron chi connectivity index (χ0n) is 11.8. The van der Waals surface area contributed by atoms with Crippen LogP contribution in [0.3, 0.4) is 0 Å². The summed E-state index contributed by atoms with van der Waals surface area (Å²) in [5.41, 5.74) is 4.89. The molecule has 0 spiro atoms. The van der Waals surface area contributed by atoms with Gasteiger partial charge in [0.2, 0.25) is 0 Å². The summed E-state index contributed by atoms with van der Waals surface area (Å²) in [5, 5.41) is 3.47.